The predicted octanol–water partition coefficient (Wildman–Crippen LogP) is 1.70. The predicted molar refractivity (Wildman–Crippen MR) is 155 cm³/mol. The van der Waals surface area contributed by atoms with Gasteiger partial charge in [-0.25, -0.2) is 9.88 Å². The van der Waals surface area contributed by atoms with Crippen LogP contribution in [0, 0.1) is 5.41 Å². The minimum atomic E-state index is -3.47. The number of hydrogen-bond acceptors (Lipinski definition) is 9. The summed E-state index contributed by atoms with van der Waals surface area (Å²) >= 11 is 0. The van der Waals surface area contributed by atoms with Crippen LogP contribution in [0.25, 0.3) is 0 Å². The third-order valence-corrected chi connectivity index (χ3v) is 8.06. The summed E-state index contributed by atoms with van der Waals surface area (Å²) in [5.41, 5.74) is 2.84. The van der Waals surface area contributed by atoms with Crippen molar-refractivity contribution in [2.24, 2.45) is 5.41 Å². The first kappa shape index (κ1) is 29.6. The molecular weight excluding hydrogens is 540 g/mol. The second-order valence-corrected chi connectivity index (χ2v) is 10.9. The van der Waals surface area contributed by atoms with Crippen molar-refractivity contribution in [1.82, 2.24) is 20.5 Å². The first-order valence-electron chi connectivity index (χ1n) is 14.4. The number of amides is 2. The molecule has 1 unspecified atom stereocenters. The second-order valence-electron chi connectivity index (χ2n) is 10.9. The van der Waals surface area contributed by atoms with Crippen LogP contribution in [-0.4, -0.2) is 80.8 Å². The van der Waals surface area contributed by atoms with Crippen LogP contribution >= 0.6 is 0 Å². The number of H-pyrrole nitrogens is 1. The van der Waals surface area contributed by atoms with E-state index in [9.17, 15) is 24.9 Å². The molecule has 2 amide bonds. The molecule has 5 N–H and O–H groups in total. The molecule has 3 aliphatic heterocycles. The molecule has 2 aromatic carbocycles. The zero-order valence-electron chi connectivity index (χ0n) is 23.9. The van der Waals surface area contributed by atoms with Crippen molar-refractivity contribution in [2.45, 2.75) is 58.1 Å². The van der Waals surface area contributed by atoms with Crippen LogP contribution in [0.5, 0.6) is 0 Å². The Labute approximate surface area is 244 Å². The summed E-state index contributed by atoms with van der Waals surface area (Å²) in [7, 11) is 0. The largest absolute Gasteiger partial charge is 0.381 e. The van der Waals surface area contributed by atoms with Crippen molar-refractivity contribution >= 4 is 23.2 Å². The molecule has 12 heteroatoms. The Balaban J connectivity index is 0.00000173. The summed E-state index contributed by atoms with van der Waals surface area (Å²) in [5.74, 6) is -1.21. The SMILES string of the molecule is CC.O=C(NC1CCc2ccc(N3CC4(CCOCC4)C3)cc2N(C(O)(O)O)C1=O)c1n[nH]c(Cc2ccccc2)n1. The molecule has 0 aliphatic carbocycles. The van der Waals surface area contributed by atoms with Crippen LogP contribution in [0.3, 0.4) is 0 Å². The highest BCUT2D eigenvalue weighted by atomic mass is 16.7. The Bertz CT molecular complexity index is 1390. The van der Waals surface area contributed by atoms with Crippen LogP contribution in [0.2, 0.25) is 0 Å². The Morgan fingerprint density at radius 3 is 2.52 bits per heavy atom. The number of anilines is 2. The van der Waals surface area contributed by atoms with Gasteiger partial charge < -0.3 is 30.3 Å². The van der Waals surface area contributed by atoms with E-state index in [1.165, 1.54) is 0 Å². The number of nitrogens with zero attached hydrogens (tertiary/aromatic N) is 4. The van der Waals surface area contributed by atoms with Crippen molar-refractivity contribution in [1.29, 1.82) is 0 Å². The summed E-state index contributed by atoms with van der Waals surface area (Å²) in [5, 5.41) is 40.1. The van der Waals surface area contributed by atoms with Crippen LogP contribution < -0.4 is 15.1 Å². The molecule has 2 saturated heterocycles. The van der Waals surface area contributed by atoms with Gasteiger partial charge in [0.2, 0.25) is 5.82 Å². The number of fused-ring (bicyclic) bond motifs is 1. The highest BCUT2D eigenvalue weighted by Crippen LogP contribution is 2.43. The molecule has 224 valence electrons. The van der Waals surface area contributed by atoms with Crippen LogP contribution in [-0.2, 0) is 22.4 Å². The van der Waals surface area contributed by atoms with E-state index in [4.69, 9.17) is 4.74 Å². The Hall–Kier alpha value is -3.84. The number of ether oxygens (including phenoxy) is 1. The van der Waals surface area contributed by atoms with Gasteiger partial charge in [-0.15, -0.1) is 5.10 Å². The number of carbonyl (C=O) groups excluding carboxylic acids is 2. The number of aromatic amines is 1. The minimum absolute atomic E-state index is 0.141. The third-order valence-electron chi connectivity index (χ3n) is 8.06. The molecule has 0 radical (unpaired) electrons. The molecule has 6 rings (SSSR count). The lowest BCUT2D eigenvalue weighted by Crippen LogP contribution is -2.59. The smallest absolute Gasteiger partial charge is 0.376 e. The number of aliphatic hydroxyl groups is 3. The van der Waals surface area contributed by atoms with E-state index < -0.39 is 24.0 Å². The van der Waals surface area contributed by atoms with E-state index in [1.54, 1.807) is 6.07 Å². The van der Waals surface area contributed by atoms with Crippen molar-refractivity contribution in [3.8, 4) is 0 Å². The zero-order chi connectivity index (χ0) is 29.9. The molecule has 42 heavy (non-hydrogen) atoms. The maximum Gasteiger partial charge on any atom is 0.376 e. The summed E-state index contributed by atoms with van der Waals surface area (Å²) in [6, 6.07) is 13.9. The van der Waals surface area contributed by atoms with E-state index in [0.29, 0.717) is 29.1 Å². The third kappa shape index (κ3) is 6.16. The summed E-state index contributed by atoms with van der Waals surface area (Å²) in [6.07, 6.45) is -0.506. The van der Waals surface area contributed by atoms with Gasteiger partial charge in [0.05, 0.1) is 5.69 Å². The maximum atomic E-state index is 13.5. The van der Waals surface area contributed by atoms with Gasteiger partial charge >= 0.3 is 6.10 Å². The Morgan fingerprint density at radius 1 is 1.12 bits per heavy atom. The number of rotatable bonds is 6. The first-order chi connectivity index (χ1) is 20.2. The molecule has 1 atom stereocenters. The number of hydrogen-bond donors (Lipinski definition) is 5. The summed E-state index contributed by atoms with van der Waals surface area (Å²) in [6.45, 7) is 7.18. The molecule has 1 spiro atoms. The molecule has 4 heterocycles. The van der Waals surface area contributed by atoms with Crippen molar-refractivity contribution < 1.29 is 29.6 Å². The average Bonchev–Trinajstić information content (AvgIpc) is 3.38. The lowest BCUT2D eigenvalue weighted by atomic mass is 9.73. The number of benzene rings is 2. The molecule has 12 nitrogen and oxygen atoms in total. The molecule has 0 saturated carbocycles. The van der Waals surface area contributed by atoms with Gasteiger partial charge in [0.1, 0.15) is 11.9 Å². The molecule has 1 aromatic heterocycles. The van der Waals surface area contributed by atoms with Gasteiger partial charge in [0, 0.05) is 43.8 Å². The summed E-state index contributed by atoms with van der Waals surface area (Å²) in [4.78, 5) is 33.5. The van der Waals surface area contributed by atoms with Gasteiger partial charge in [-0.05, 0) is 48.9 Å². The average molecular weight is 579 g/mol. The van der Waals surface area contributed by atoms with Gasteiger partial charge in [0.15, 0.2) is 0 Å². The van der Waals surface area contributed by atoms with Gasteiger partial charge in [-0.3, -0.25) is 14.7 Å². The fourth-order valence-corrected chi connectivity index (χ4v) is 5.86. The second kappa shape index (κ2) is 12.2. The molecule has 3 aliphatic rings. The quantitative estimate of drug-likeness (QED) is 0.274. The minimum Gasteiger partial charge on any atom is -0.381 e. The Kier molecular flexibility index (Phi) is 8.60. The van der Waals surface area contributed by atoms with E-state index >= 15 is 0 Å². The van der Waals surface area contributed by atoms with E-state index in [0.717, 1.165) is 50.4 Å². The van der Waals surface area contributed by atoms with Crippen LogP contribution in [0.1, 0.15) is 60.7 Å². The fourth-order valence-electron chi connectivity index (χ4n) is 5.86. The van der Waals surface area contributed by atoms with Crippen molar-refractivity contribution in [3.63, 3.8) is 0 Å². The van der Waals surface area contributed by atoms with E-state index in [2.05, 4.69) is 25.4 Å². The number of aromatic nitrogens is 3. The van der Waals surface area contributed by atoms with Crippen molar-refractivity contribution in [3.05, 3.63) is 71.3 Å². The van der Waals surface area contributed by atoms with E-state index in [-0.39, 0.29) is 23.3 Å². The Morgan fingerprint density at radius 2 is 1.83 bits per heavy atom. The normalized spacial score (nSPS) is 19.7. The highest BCUT2D eigenvalue weighted by molar-refractivity contribution is 6.03. The van der Waals surface area contributed by atoms with Gasteiger partial charge in [-0.2, -0.15) is 0 Å². The number of nitrogens with one attached hydrogen (secondary N) is 2. The monoisotopic (exact) mass is 578 g/mol. The van der Waals surface area contributed by atoms with Gasteiger partial charge in [0.25, 0.3) is 11.8 Å². The van der Waals surface area contributed by atoms with E-state index in [1.807, 2.05) is 56.3 Å². The molecule has 3 aromatic rings. The lowest BCUT2D eigenvalue weighted by molar-refractivity contribution is -0.306. The molecule has 2 fully saturated rings. The van der Waals surface area contributed by atoms with Crippen LogP contribution in [0.4, 0.5) is 11.4 Å². The molecule has 0 bridgehead atoms. The number of carbonyl (C=O) groups is 2. The fraction of sp³-hybridized carbons (Fsp3) is 0.467. The highest BCUT2D eigenvalue weighted by Gasteiger charge is 2.46. The number of aryl methyl sites for hydroxylation is 1. The first-order valence-corrected chi connectivity index (χ1v) is 14.4. The lowest BCUT2D eigenvalue weighted by Gasteiger charge is -2.53. The maximum absolute atomic E-state index is 13.5. The van der Waals surface area contributed by atoms with Crippen molar-refractivity contribution in [2.75, 3.05) is 36.1 Å². The van der Waals surface area contributed by atoms with Gasteiger partial charge in [-0.1, -0.05) is 50.2 Å². The summed E-state index contributed by atoms with van der Waals surface area (Å²) < 4.78 is 5.50. The van der Waals surface area contributed by atoms with Crippen LogP contribution in [0.15, 0.2) is 48.5 Å². The zero-order valence-corrected chi connectivity index (χ0v) is 23.9. The molecular formula is C30H38N6O6. The standard InChI is InChI=1S/C28H32N6O6.C2H6/c35-25(24-30-23(31-32-24)14-18-4-2-1-3-5-18)29-21-9-7-19-6-8-20(15-22(19)34(26(21)36)28(37,38)39)33-16-27(17-33)10-12-40-13-11-27;1-2/h1-6,8,15,21,37-39H,7,9-14,16-17H2,(H,29,35)(H,30,31,32);1-2H3. The topological polar surface area (TPSA) is 164 Å².